The highest BCUT2D eigenvalue weighted by molar-refractivity contribution is 7.10. The zero-order valence-electron chi connectivity index (χ0n) is 16.7. The Balaban J connectivity index is 1.71. The van der Waals surface area contributed by atoms with Gasteiger partial charge in [0.05, 0.1) is 18.9 Å². The monoisotopic (exact) mass is 422 g/mol. The van der Waals surface area contributed by atoms with Crippen LogP contribution in [0.25, 0.3) is 0 Å². The number of aromatic hydroxyl groups is 1. The van der Waals surface area contributed by atoms with Crippen molar-refractivity contribution in [3.8, 4) is 11.5 Å². The zero-order chi connectivity index (χ0) is 21.1. The van der Waals surface area contributed by atoms with E-state index in [1.165, 1.54) is 19.2 Å². The van der Waals surface area contributed by atoms with Crippen LogP contribution in [0.5, 0.6) is 11.5 Å². The molecule has 2 heterocycles. The summed E-state index contributed by atoms with van der Waals surface area (Å²) >= 11 is 1.59. The van der Waals surface area contributed by atoms with Crippen molar-refractivity contribution in [3.05, 3.63) is 82.0 Å². The van der Waals surface area contributed by atoms with Gasteiger partial charge in [0.25, 0.3) is 5.91 Å². The third kappa shape index (κ3) is 3.81. The Bertz CT molecular complexity index is 1050. The number of rotatable bonds is 6. The molecule has 0 unspecified atom stereocenters. The Kier molecular flexibility index (Phi) is 5.83. The fraction of sp³-hybridized carbons (Fsp3) is 0.217. The third-order valence-corrected chi connectivity index (χ3v) is 6.06. The highest BCUT2D eigenvalue weighted by atomic mass is 32.1. The molecular formula is C23H22N2O4S. The molecule has 1 N–H and O–H groups in total. The number of benzene rings is 2. The maximum absolute atomic E-state index is 13.5. The number of hydrazone groups is 1. The second kappa shape index (κ2) is 8.69. The number of hydrogen-bond donors (Lipinski definition) is 1. The molecule has 1 aromatic heterocycles. The summed E-state index contributed by atoms with van der Waals surface area (Å²) in [7, 11) is 3.03. The van der Waals surface area contributed by atoms with Crippen molar-refractivity contribution in [1.29, 1.82) is 0 Å². The largest absolute Gasteiger partial charge is 0.504 e. The predicted molar refractivity (Wildman–Crippen MR) is 116 cm³/mol. The number of phenolic OH excluding ortho intramolecular Hbond substituents is 1. The number of amides is 1. The smallest absolute Gasteiger partial charge is 0.277 e. The molecule has 154 valence electrons. The van der Waals surface area contributed by atoms with Gasteiger partial charge >= 0.3 is 0 Å². The Morgan fingerprint density at radius 3 is 2.63 bits per heavy atom. The van der Waals surface area contributed by atoms with E-state index >= 15 is 0 Å². The molecule has 0 spiro atoms. The van der Waals surface area contributed by atoms with Crippen LogP contribution in [0.3, 0.4) is 0 Å². The highest BCUT2D eigenvalue weighted by Crippen LogP contribution is 2.38. The highest BCUT2D eigenvalue weighted by Gasteiger charge is 2.37. The van der Waals surface area contributed by atoms with Crippen molar-refractivity contribution in [2.45, 2.75) is 18.6 Å². The van der Waals surface area contributed by atoms with E-state index in [4.69, 9.17) is 9.47 Å². The van der Waals surface area contributed by atoms with E-state index in [-0.39, 0.29) is 17.7 Å². The molecule has 0 saturated heterocycles. The van der Waals surface area contributed by atoms with E-state index in [0.29, 0.717) is 12.2 Å². The van der Waals surface area contributed by atoms with Gasteiger partial charge in [-0.3, -0.25) is 4.79 Å². The molecule has 3 aromatic rings. The average Bonchev–Trinajstić information content (AvgIpc) is 3.45. The van der Waals surface area contributed by atoms with Gasteiger partial charge in [0, 0.05) is 24.0 Å². The molecule has 1 aliphatic heterocycles. The molecule has 2 aromatic carbocycles. The summed E-state index contributed by atoms with van der Waals surface area (Å²) in [5.74, 6) is 0.209. The molecule has 0 saturated carbocycles. The topological polar surface area (TPSA) is 71.4 Å². The van der Waals surface area contributed by atoms with Crippen molar-refractivity contribution in [3.63, 3.8) is 0 Å². The van der Waals surface area contributed by atoms with Crippen LogP contribution in [0.4, 0.5) is 0 Å². The first-order valence-electron chi connectivity index (χ1n) is 9.51. The molecule has 4 rings (SSSR count). The molecule has 1 amide bonds. The summed E-state index contributed by atoms with van der Waals surface area (Å²) in [6, 6.07) is 18.3. The number of methoxy groups -OCH3 is 2. The first kappa shape index (κ1) is 20.1. The summed E-state index contributed by atoms with van der Waals surface area (Å²) in [4.78, 5) is 14.5. The fourth-order valence-electron chi connectivity index (χ4n) is 3.58. The van der Waals surface area contributed by atoms with Gasteiger partial charge in [0.15, 0.2) is 17.6 Å². The minimum Gasteiger partial charge on any atom is -0.504 e. The van der Waals surface area contributed by atoms with Gasteiger partial charge in [-0.1, -0.05) is 36.4 Å². The maximum Gasteiger partial charge on any atom is 0.277 e. The molecule has 0 aliphatic carbocycles. The van der Waals surface area contributed by atoms with Gasteiger partial charge in [-0.05, 0) is 35.2 Å². The SMILES string of the molecule is COc1cc(C2=NN(C(=O)[C@H](OC)c3ccccc3)[C@@H](c3cccs3)C2)ccc1O. The van der Waals surface area contributed by atoms with Gasteiger partial charge in [-0.2, -0.15) is 5.10 Å². The van der Waals surface area contributed by atoms with Gasteiger partial charge in [-0.15, -0.1) is 11.3 Å². The normalized spacial score (nSPS) is 16.9. The third-order valence-electron chi connectivity index (χ3n) is 5.08. The van der Waals surface area contributed by atoms with Crippen LogP contribution in [-0.2, 0) is 9.53 Å². The molecule has 7 heteroatoms. The summed E-state index contributed by atoms with van der Waals surface area (Å²) in [5, 5.41) is 18.1. The van der Waals surface area contributed by atoms with Crippen LogP contribution >= 0.6 is 11.3 Å². The van der Waals surface area contributed by atoms with Crippen LogP contribution in [0.1, 0.15) is 34.6 Å². The second-order valence-corrected chi connectivity index (χ2v) is 7.86. The number of carbonyl (C=O) groups is 1. The summed E-state index contributed by atoms with van der Waals surface area (Å²) < 4.78 is 10.8. The van der Waals surface area contributed by atoms with Crippen LogP contribution in [-0.4, -0.2) is 36.0 Å². The first-order valence-corrected chi connectivity index (χ1v) is 10.4. The Morgan fingerprint density at radius 2 is 1.97 bits per heavy atom. The minimum atomic E-state index is -0.744. The molecule has 0 radical (unpaired) electrons. The van der Waals surface area contributed by atoms with E-state index in [0.717, 1.165) is 21.7 Å². The van der Waals surface area contributed by atoms with Crippen LogP contribution in [0.15, 0.2) is 71.1 Å². The summed E-state index contributed by atoms with van der Waals surface area (Å²) in [6.07, 6.45) is -0.183. The van der Waals surface area contributed by atoms with E-state index in [1.54, 1.807) is 29.5 Å². The van der Waals surface area contributed by atoms with E-state index in [2.05, 4.69) is 5.10 Å². The quantitative estimate of drug-likeness (QED) is 0.634. The predicted octanol–water partition coefficient (Wildman–Crippen LogP) is 4.53. The number of phenols is 1. The van der Waals surface area contributed by atoms with Crippen molar-refractivity contribution in [2.75, 3.05) is 14.2 Å². The van der Waals surface area contributed by atoms with Crippen molar-refractivity contribution in [2.24, 2.45) is 5.10 Å². The second-order valence-electron chi connectivity index (χ2n) is 6.88. The summed E-state index contributed by atoms with van der Waals surface area (Å²) in [5.41, 5.74) is 2.34. The number of carbonyl (C=O) groups excluding carboxylic acids is 1. The van der Waals surface area contributed by atoms with Crippen LogP contribution in [0, 0.1) is 0 Å². The number of nitrogens with zero attached hydrogens (tertiary/aromatic N) is 2. The van der Waals surface area contributed by atoms with Crippen LogP contribution < -0.4 is 4.74 Å². The molecule has 0 fully saturated rings. The van der Waals surface area contributed by atoms with Crippen LogP contribution in [0.2, 0.25) is 0 Å². The molecule has 2 atom stereocenters. The molecule has 0 bridgehead atoms. The van der Waals surface area contributed by atoms with Crippen molar-refractivity contribution >= 4 is 23.0 Å². The number of hydrogen-bond acceptors (Lipinski definition) is 6. The van der Waals surface area contributed by atoms with E-state index in [9.17, 15) is 9.90 Å². The molecular weight excluding hydrogens is 400 g/mol. The van der Waals surface area contributed by atoms with Gasteiger partial charge in [0.1, 0.15) is 0 Å². The number of ether oxygens (including phenoxy) is 2. The average molecular weight is 423 g/mol. The van der Waals surface area contributed by atoms with Crippen molar-refractivity contribution < 1.29 is 19.4 Å². The van der Waals surface area contributed by atoms with Crippen molar-refractivity contribution in [1.82, 2.24) is 5.01 Å². The molecule has 30 heavy (non-hydrogen) atoms. The van der Waals surface area contributed by atoms with E-state index in [1.807, 2.05) is 47.8 Å². The Hall–Kier alpha value is -3.16. The lowest BCUT2D eigenvalue weighted by Gasteiger charge is -2.25. The number of thiophene rings is 1. The Labute approximate surface area is 179 Å². The lowest BCUT2D eigenvalue weighted by molar-refractivity contribution is -0.144. The fourth-order valence-corrected chi connectivity index (χ4v) is 4.39. The zero-order valence-corrected chi connectivity index (χ0v) is 17.5. The van der Waals surface area contributed by atoms with Gasteiger partial charge in [-0.25, -0.2) is 5.01 Å². The van der Waals surface area contributed by atoms with Gasteiger partial charge < -0.3 is 14.6 Å². The first-order chi connectivity index (χ1) is 14.6. The van der Waals surface area contributed by atoms with Gasteiger partial charge in [0.2, 0.25) is 0 Å². The lowest BCUT2D eigenvalue weighted by atomic mass is 10.0. The summed E-state index contributed by atoms with van der Waals surface area (Å²) in [6.45, 7) is 0. The minimum absolute atomic E-state index is 0.0612. The Morgan fingerprint density at radius 1 is 1.17 bits per heavy atom. The maximum atomic E-state index is 13.5. The standard InChI is InChI=1S/C23H22N2O4S/c1-28-20-13-16(10-11-19(20)26)17-14-18(21-9-6-12-30-21)25(24-17)23(27)22(29-2)15-7-4-3-5-8-15/h3-13,18,22,26H,14H2,1-2H3/t18-,22-/m1/s1. The lowest BCUT2D eigenvalue weighted by Crippen LogP contribution is -2.32. The molecule has 6 nitrogen and oxygen atoms in total. The molecule has 1 aliphatic rings. The van der Waals surface area contributed by atoms with E-state index < -0.39 is 6.10 Å².